The van der Waals surface area contributed by atoms with Crippen molar-refractivity contribution in [2.24, 2.45) is 0 Å². The van der Waals surface area contributed by atoms with Crippen LogP contribution in [0.2, 0.25) is 0 Å². The number of rotatable bonds is 9. The number of benzene rings is 1. The Kier molecular flexibility index (Phi) is 8.09. The van der Waals surface area contributed by atoms with Gasteiger partial charge in [0.2, 0.25) is 0 Å². The van der Waals surface area contributed by atoms with Gasteiger partial charge < -0.3 is 30.5 Å². The number of nitro benzene ring substituents is 1. The Hall–Kier alpha value is -2.76. The number of carbonyl (C=O) groups excluding carboxylic acids is 1. The number of urea groups is 1. The van der Waals surface area contributed by atoms with E-state index in [2.05, 4.69) is 10.6 Å². The summed E-state index contributed by atoms with van der Waals surface area (Å²) >= 11 is 0. The number of aliphatic hydroxyl groups is 1. The van der Waals surface area contributed by atoms with E-state index >= 15 is 0 Å². The average Bonchev–Trinajstić information content (AvgIpc) is 2.71. The van der Waals surface area contributed by atoms with Crippen molar-refractivity contribution in [1.29, 1.82) is 0 Å². The first-order valence-corrected chi connectivity index (χ1v) is 9.63. The average molecular weight is 424 g/mol. The van der Waals surface area contributed by atoms with Gasteiger partial charge in [0.1, 0.15) is 0 Å². The van der Waals surface area contributed by atoms with Crippen LogP contribution in [-0.4, -0.2) is 83.1 Å². The molecule has 0 aliphatic carbocycles. The van der Waals surface area contributed by atoms with Gasteiger partial charge in [0, 0.05) is 49.8 Å². The van der Waals surface area contributed by atoms with Gasteiger partial charge in [-0.05, 0) is 26.0 Å². The van der Waals surface area contributed by atoms with E-state index in [1.807, 2.05) is 13.8 Å². The van der Waals surface area contributed by atoms with Crippen LogP contribution in [0, 0.1) is 10.1 Å². The van der Waals surface area contributed by atoms with Gasteiger partial charge in [0.15, 0.2) is 0 Å². The molecule has 1 aliphatic heterocycles. The van der Waals surface area contributed by atoms with E-state index in [9.17, 15) is 24.8 Å². The van der Waals surface area contributed by atoms with Crippen molar-refractivity contribution < 1.29 is 29.5 Å². The number of carboxylic acids is 1. The third-order valence-electron chi connectivity index (χ3n) is 4.77. The van der Waals surface area contributed by atoms with Gasteiger partial charge in [-0.1, -0.05) is 0 Å². The molecule has 11 nitrogen and oxygen atoms in total. The Bertz CT molecular complexity index is 778. The molecule has 1 unspecified atom stereocenters. The third kappa shape index (κ3) is 6.94. The molecule has 1 aliphatic rings. The van der Waals surface area contributed by atoms with E-state index in [1.54, 1.807) is 4.90 Å². The van der Waals surface area contributed by atoms with Crippen LogP contribution in [0.3, 0.4) is 0 Å². The van der Waals surface area contributed by atoms with E-state index in [1.165, 1.54) is 6.07 Å². The fourth-order valence-electron chi connectivity index (χ4n) is 3.02. The largest absolute Gasteiger partial charge is 0.478 e. The topological polar surface area (TPSA) is 154 Å². The molecule has 1 saturated heterocycles. The van der Waals surface area contributed by atoms with Gasteiger partial charge in [0.05, 0.1) is 29.8 Å². The SMILES string of the molecule is CC(C)(CNC(=O)N1CCOCC1)NCC(O)Cc1cc(C(=O)O)ccc1[N+](=O)[O-]. The zero-order valence-electron chi connectivity index (χ0n) is 17.1. The predicted molar refractivity (Wildman–Crippen MR) is 108 cm³/mol. The smallest absolute Gasteiger partial charge is 0.335 e. The monoisotopic (exact) mass is 424 g/mol. The van der Waals surface area contributed by atoms with Crippen molar-refractivity contribution in [3.63, 3.8) is 0 Å². The molecule has 0 radical (unpaired) electrons. The molecule has 1 aromatic carbocycles. The molecule has 4 N–H and O–H groups in total. The van der Waals surface area contributed by atoms with Crippen molar-refractivity contribution in [2.45, 2.75) is 31.9 Å². The second-order valence-corrected chi connectivity index (χ2v) is 7.79. The number of morpholine rings is 1. The van der Waals surface area contributed by atoms with Crippen LogP contribution in [0.25, 0.3) is 0 Å². The predicted octanol–water partition coefficient (Wildman–Crippen LogP) is 0.606. The maximum atomic E-state index is 12.2. The first-order chi connectivity index (χ1) is 14.1. The number of aliphatic hydroxyl groups excluding tert-OH is 1. The molecular formula is C19H28N4O7. The highest BCUT2D eigenvalue weighted by molar-refractivity contribution is 5.88. The van der Waals surface area contributed by atoms with Gasteiger partial charge in [-0.3, -0.25) is 10.1 Å². The Morgan fingerprint density at radius 3 is 2.60 bits per heavy atom. The molecule has 0 aromatic heterocycles. The molecule has 0 bridgehead atoms. The fraction of sp³-hybridized carbons (Fsp3) is 0.579. The molecule has 1 fully saturated rings. The quantitative estimate of drug-likeness (QED) is 0.332. The fourth-order valence-corrected chi connectivity index (χ4v) is 3.02. The number of amides is 2. The van der Waals surface area contributed by atoms with E-state index < -0.39 is 22.5 Å². The number of β-amino-alcohol motifs (C(OH)–C–C–N with tert-alkyl or cyclic N) is 1. The van der Waals surface area contributed by atoms with Gasteiger partial charge in [0.25, 0.3) is 5.69 Å². The highest BCUT2D eigenvalue weighted by Gasteiger charge is 2.24. The second kappa shape index (κ2) is 10.3. The van der Waals surface area contributed by atoms with E-state index in [4.69, 9.17) is 9.84 Å². The van der Waals surface area contributed by atoms with Gasteiger partial charge in [-0.15, -0.1) is 0 Å². The number of aromatic carboxylic acids is 1. The summed E-state index contributed by atoms with van der Waals surface area (Å²) in [4.78, 5) is 35.6. The highest BCUT2D eigenvalue weighted by atomic mass is 16.6. The van der Waals surface area contributed by atoms with Crippen molar-refractivity contribution in [3.8, 4) is 0 Å². The number of nitrogens with zero attached hydrogens (tertiary/aromatic N) is 2. The van der Waals surface area contributed by atoms with Crippen molar-refractivity contribution in [1.82, 2.24) is 15.5 Å². The molecule has 11 heteroatoms. The lowest BCUT2D eigenvalue weighted by Crippen LogP contribution is -2.54. The first kappa shape index (κ1) is 23.5. The molecular weight excluding hydrogens is 396 g/mol. The van der Waals surface area contributed by atoms with E-state index in [0.29, 0.717) is 32.8 Å². The molecule has 2 amide bonds. The number of ether oxygens (including phenoxy) is 1. The summed E-state index contributed by atoms with van der Waals surface area (Å²) in [5.41, 5.74) is -0.719. The maximum absolute atomic E-state index is 12.2. The summed E-state index contributed by atoms with van der Waals surface area (Å²) in [6.45, 7) is 6.21. The van der Waals surface area contributed by atoms with Crippen molar-refractivity contribution in [2.75, 3.05) is 39.4 Å². The number of hydrogen-bond donors (Lipinski definition) is 4. The Labute approximate surface area is 174 Å². The minimum absolute atomic E-state index is 0.0816. The summed E-state index contributed by atoms with van der Waals surface area (Å²) in [6.07, 6.45) is -1.07. The summed E-state index contributed by atoms with van der Waals surface area (Å²) in [5, 5.41) is 36.6. The number of nitro groups is 1. The van der Waals surface area contributed by atoms with Crippen LogP contribution >= 0.6 is 0 Å². The van der Waals surface area contributed by atoms with E-state index in [-0.39, 0.29) is 35.8 Å². The molecule has 1 atom stereocenters. The van der Waals surface area contributed by atoms with Gasteiger partial charge in [-0.2, -0.15) is 0 Å². The number of nitrogens with one attached hydrogen (secondary N) is 2. The lowest BCUT2D eigenvalue weighted by atomic mass is 10.0. The van der Waals surface area contributed by atoms with E-state index in [0.717, 1.165) is 12.1 Å². The standard InChI is InChI=1S/C19H28N4O7/c1-19(2,12-20-18(27)22-5-7-30-8-6-22)21-11-15(24)10-14-9-13(17(25)26)3-4-16(14)23(28)29/h3-4,9,15,21,24H,5-8,10-12H2,1-2H3,(H,20,27)(H,25,26). The summed E-state index contributed by atoms with van der Waals surface area (Å²) in [7, 11) is 0. The molecule has 166 valence electrons. The Balaban J connectivity index is 1.89. The zero-order valence-corrected chi connectivity index (χ0v) is 17.1. The third-order valence-corrected chi connectivity index (χ3v) is 4.77. The molecule has 0 spiro atoms. The molecule has 0 saturated carbocycles. The van der Waals surface area contributed by atoms with Crippen LogP contribution in [-0.2, 0) is 11.2 Å². The van der Waals surface area contributed by atoms with Gasteiger partial charge in [-0.25, -0.2) is 9.59 Å². The van der Waals surface area contributed by atoms with Crippen molar-refractivity contribution >= 4 is 17.7 Å². The molecule has 30 heavy (non-hydrogen) atoms. The minimum Gasteiger partial charge on any atom is -0.478 e. The molecule has 2 rings (SSSR count). The van der Waals surface area contributed by atoms with Crippen LogP contribution in [0.15, 0.2) is 18.2 Å². The van der Waals surface area contributed by atoms with Crippen LogP contribution in [0.1, 0.15) is 29.8 Å². The Morgan fingerprint density at radius 1 is 1.33 bits per heavy atom. The summed E-state index contributed by atoms with van der Waals surface area (Å²) in [5.74, 6) is -1.20. The lowest BCUT2D eigenvalue weighted by molar-refractivity contribution is -0.385. The molecule has 1 aromatic rings. The summed E-state index contributed by atoms with van der Waals surface area (Å²) in [6, 6.07) is 3.31. The zero-order chi connectivity index (χ0) is 22.3. The second-order valence-electron chi connectivity index (χ2n) is 7.79. The van der Waals surface area contributed by atoms with Crippen LogP contribution < -0.4 is 10.6 Å². The number of carboxylic acid groups (broad SMARTS) is 1. The highest BCUT2D eigenvalue weighted by Crippen LogP contribution is 2.22. The Morgan fingerprint density at radius 2 is 2.00 bits per heavy atom. The normalized spacial score (nSPS) is 15.5. The van der Waals surface area contributed by atoms with Crippen LogP contribution in [0.5, 0.6) is 0 Å². The minimum atomic E-state index is -1.20. The number of carbonyl (C=O) groups is 2. The maximum Gasteiger partial charge on any atom is 0.335 e. The molecule has 1 heterocycles. The van der Waals surface area contributed by atoms with Gasteiger partial charge >= 0.3 is 12.0 Å². The summed E-state index contributed by atoms with van der Waals surface area (Å²) < 4.78 is 5.22. The first-order valence-electron chi connectivity index (χ1n) is 9.63. The van der Waals surface area contributed by atoms with Crippen LogP contribution in [0.4, 0.5) is 10.5 Å². The lowest BCUT2D eigenvalue weighted by Gasteiger charge is -2.31. The van der Waals surface area contributed by atoms with Crippen molar-refractivity contribution in [3.05, 3.63) is 39.4 Å². The number of hydrogen-bond acceptors (Lipinski definition) is 7.